The molecule has 0 unspecified atom stereocenters. The van der Waals surface area contributed by atoms with Crippen molar-refractivity contribution < 1.29 is 31.5 Å². The van der Waals surface area contributed by atoms with Crippen molar-refractivity contribution in [1.82, 2.24) is 10.3 Å². The number of aromatic nitrogens is 1. The molecule has 0 spiro atoms. The molecule has 5 rings (SSSR count). The third-order valence-electron chi connectivity index (χ3n) is 7.04. The summed E-state index contributed by atoms with van der Waals surface area (Å²) in [5.41, 5.74) is 1.27. The van der Waals surface area contributed by atoms with E-state index in [2.05, 4.69) is 15.0 Å². The summed E-state index contributed by atoms with van der Waals surface area (Å²) < 4.78 is 62.4. The highest BCUT2D eigenvalue weighted by Gasteiger charge is 2.28. The van der Waals surface area contributed by atoms with E-state index in [0.29, 0.717) is 50.3 Å². The number of ether oxygens (including phenoxy) is 1. The molecule has 0 aliphatic heterocycles. The molecule has 1 heterocycles. The van der Waals surface area contributed by atoms with E-state index in [0.717, 1.165) is 7.11 Å². The number of anilines is 1. The molecule has 0 fully saturated rings. The lowest BCUT2D eigenvalue weighted by molar-refractivity contribution is -0.142. The highest BCUT2D eigenvalue weighted by atomic mass is 35.5. The number of benzene rings is 4. The summed E-state index contributed by atoms with van der Waals surface area (Å²) >= 11 is 6.46. The molecule has 1 amide bonds. The Balaban J connectivity index is 1.43. The van der Waals surface area contributed by atoms with Gasteiger partial charge in [-0.25, -0.2) is 22.0 Å². The fraction of sp³-hybridized carbons (Fsp3) is 0.0909. The first-order valence-electron chi connectivity index (χ1n) is 13.5. The van der Waals surface area contributed by atoms with E-state index < -0.39 is 50.8 Å². The zero-order chi connectivity index (χ0) is 33.0. The van der Waals surface area contributed by atoms with Crippen molar-refractivity contribution in [2.45, 2.75) is 17.4 Å². The van der Waals surface area contributed by atoms with Gasteiger partial charge in [0.2, 0.25) is 0 Å². The molecule has 1 aromatic heterocycles. The van der Waals surface area contributed by atoms with Gasteiger partial charge in [0.15, 0.2) is 0 Å². The van der Waals surface area contributed by atoms with Crippen molar-refractivity contribution >= 4 is 50.1 Å². The number of hydrogen-bond donors (Lipinski definition) is 2. The van der Waals surface area contributed by atoms with Crippen molar-refractivity contribution in [3.05, 3.63) is 124 Å². The van der Waals surface area contributed by atoms with Crippen LogP contribution in [-0.4, -0.2) is 38.4 Å². The lowest BCUT2D eigenvalue weighted by Crippen LogP contribution is -2.43. The average molecular weight is 661 g/mol. The van der Waals surface area contributed by atoms with Gasteiger partial charge in [-0.05, 0) is 48.0 Å². The Labute approximate surface area is 267 Å². The Morgan fingerprint density at radius 3 is 2.33 bits per heavy atom. The minimum Gasteiger partial charge on any atom is -0.467 e. The number of methoxy groups -OCH3 is 1. The third kappa shape index (κ3) is 6.66. The van der Waals surface area contributed by atoms with Crippen LogP contribution in [0.5, 0.6) is 0 Å². The molecule has 4 aromatic carbocycles. The van der Waals surface area contributed by atoms with Crippen molar-refractivity contribution in [2.24, 2.45) is 0 Å². The summed E-state index contributed by atoms with van der Waals surface area (Å²) in [5.74, 6) is -4.85. The number of nitrogens with zero attached hydrogens (tertiary/aromatic N) is 2. The molecule has 0 aliphatic carbocycles. The molecule has 2 N–H and O–H groups in total. The van der Waals surface area contributed by atoms with Gasteiger partial charge in [-0.2, -0.15) is 5.26 Å². The van der Waals surface area contributed by atoms with Gasteiger partial charge in [0, 0.05) is 34.2 Å². The van der Waals surface area contributed by atoms with Crippen molar-refractivity contribution in [1.29, 1.82) is 5.26 Å². The van der Waals surface area contributed by atoms with Gasteiger partial charge in [0.25, 0.3) is 15.9 Å². The van der Waals surface area contributed by atoms with E-state index >= 15 is 8.78 Å². The average Bonchev–Trinajstić information content (AvgIpc) is 3.04. The molecule has 13 heteroatoms. The van der Waals surface area contributed by atoms with Gasteiger partial charge in [-0.15, -0.1) is 0 Å². The second kappa shape index (κ2) is 13.3. The Morgan fingerprint density at radius 1 is 0.978 bits per heavy atom. The molecule has 9 nitrogen and oxygen atoms in total. The Morgan fingerprint density at radius 2 is 1.67 bits per heavy atom. The van der Waals surface area contributed by atoms with Gasteiger partial charge in [0.1, 0.15) is 23.2 Å². The van der Waals surface area contributed by atoms with E-state index in [4.69, 9.17) is 16.3 Å². The van der Waals surface area contributed by atoms with E-state index in [-0.39, 0.29) is 11.3 Å². The standard InChI is InChI=1S/C33H23ClF2N4O5S/c1-45-33(42)29(15-20-10-12-25(31-23(20)8-5-13-38-31)24-11-9-19(18-37)14-26(24)34)39-32(41)30-27(35)16-21(17-28(30)36)40-46(43,44)22-6-3-2-4-7-22/h2-14,16-17,29,40H,15H2,1H3,(H,39,41)/t29-/m0/s1. The SMILES string of the molecule is COC(=O)[C@H](Cc1ccc(-c2ccc(C#N)cc2Cl)c2ncccc12)NC(=O)c1c(F)cc(NS(=O)(=O)c2ccccc2)cc1F. The number of amides is 1. The quantitative estimate of drug-likeness (QED) is 0.184. The van der Waals surface area contributed by atoms with Crippen LogP contribution >= 0.6 is 11.6 Å². The number of fused-ring (bicyclic) bond motifs is 1. The first-order valence-corrected chi connectivity index (χ1v) is 15.4. The van der Waals surface area contributed by atoms with Crippen LogP contribution in [0.3, 0.4) is 0 Å². The lowest BCUT2D eigenvalue weighted by Gasteiger charge is -2.19. The highest BCUT2D eigenvalue weighted by Crippen LogP contribution is 2.35. The van der Waals surface area contributed by atoms with E-state index in [1.807, 2.05) is 6.07 Å². The lowest BCUT2D eigenvalue weighted by atomic mass is 9.94. The molecule has 1 atom stereocenters. The van der Waals surface area contributed by atoms with Gasteiger partial charge in [-0.1, -0.05) is 54.1 Å². The predicted molar refractivity (Wildman–Crippen MR) is 167 cm³/mol. The van der Waals surface area contributed by atoms with Crippen LogP contribution in [0.15, 0.2) is 96.0 Å². The number of rotatable bonds is 9. The smallest absolute Gasteiger partial charge is 0.328 e. The normalized spacial score (nSPS) is 11.8. The van der Waals surface area contributed by atoms with Crippen LogP contribution in [0.4, 0.5) is 14.5 Å². The second-order valence-corrected chi connectivity index (χ2v) is 12.1. The van der Waals surface area contributed by atoms with Crippen LogP contribution in [-0.2, 0) is 26.0 Å². The fourth-order valence-electron chi connectivity index (χ4n) is 4.88. The molecule has 0 saturated carbocycles. The minimum absolute atomic E-state index is 0.130. The number of esters is 1. The van der Waals surface area contributed by atoms with Crippen molar-refractivity contribution in [3.8, 4) is 17.2 Å². The molecule has 46 heavy (non-hydrogen) atoms. The first kappa shape index (κ1) is 32.0. The molecule has 5 aromatic rings. The van der Waals surface area contributed by atoms with Crippen LogP contribution in [0.2, 0.25) is 5.02 Å². The van der Waals surface area contributed by atoms with E-state index in [9.17, 15) is 23.3 Å². The molecule has 0 radical (unpaired) electrons. The largest absolute Gasteiger partial charge is 0.467 e. The topological polar surface area (TPSA) is 138 Å². The summed E-state index contributed by atoms with van der Waals surface area (Å²) in [6.45, 7) is 0. The number of carbonyl (C=O) groups excluding carboxylic acids is 2. The third-order valence-corrected chi connectivity index (χ3v) is 8.75. The van der Waals surface area contributed by atoms with Crippen molar-refractivity contribution in [2.75, 3.05) is 11.8 Å². The molecule has 0 saturated heterocycles. The predicted octanol–water partition coefficient (Wildman–Crippen LogP) is 6.02. The van der Waals surface area contributed by atoms with Gasteiger partial charge < -0.3 is 10.1 Å². The van der Waals surface area contributed by atoms with Crippen molar-refractivity contribution in [3.63, 3.8) is 0 Å². The highest BCUT2D eigenvalue weighted by molar-refractivity contribution is 7.92. The maximum atomic E-state index is 15.1. The molecular formula is C33H23ClF2N4O5S. The number of nitrogens with one attached hydrogen (secondary N) is 2. The Hall–Kier alpha value is -5.38. The summed E-state index contributed by atoms with van der Waals surface area (Å²) in [6.07, 6.45) is 1.43. The first-order chi connectivity index (χ1) is 22.0. The van der Waals surface area contributed by atoms with E-state index in [1.165, 1.54) is 30.3 Å². The van der Waals surface area contributed by atoms with Gasteiger partial charge >= 0.3 is 5.97 Å². The maximum absolute atomic E-state index is 15.1. The molecular weight excluding hydrogens is 638 g/mol. The maximum Gasteiger partial charge on any atom is 0.328 e. The Bertz CT molecular complexity index is 2120. The summed E-state index contributed by atoms with van der Waals surface area (Å²) in [7, 11) is -3.06. The van der Waals surface area contributed by atoms with E-state index in [1.54, 1.807) is 48.7 Å². The summed E-state index contributed by atoms with van der Waals surface area (Å²) in [4.78, 5) is 30.3. The molecule has 0 aliphatic rings. The number of sulfonamides is 1. The number of carbonyl (C=O) groups is 2. The van der Waals surface area contributed by atoms with Crippen LogP contribution < -0.4 is 10.0 Å². The summed E-state index contributed by atoms with van der Waals surface area (Å²) in [5, 5.41) is 12.5. The molecule has 232 valence electrons. The zero-order valence-electron chi connectivity index (χ0n) is 23.9. The fourth-order valence-corrected chi connectivity index (χ4v) is 6.22. The van der Waals surface area contributed by atoms with Crippen LogP contribution in [0, 0.1) is 23.0 Å². The number of hydrogen-bond acceptors (Lipinski definition) is 7. The van der Waals surface area contributed by atoms with Gasteiger partial charge in [0.05, 0.1) is 34.8 Å². The number of pyridine rings is 1. The number of halogens is 3. The monoisotopic (exact) mass is 660 g/mol. The van der Waals surface area contributed by atoms with Gasteiger partial charge in [-0.3, -0.25) is 14.5 Å². The summed E-state index contributed by atoms with van der Waals surface area (Å²) in [6, 6.07) is 20.9. The van der Waals surface area contributed by atoms with Crippen LogP contribution in [0.1, 0.15) is 21.5 Å². The second-order valence-electron chi connectivity index (χ2n) is 9.97. The molecule has 0 bridgehead atoms. The zero-order valence-corrected chi connectivity index (χ0v) is 25.5. The minimum atomic E-state index is -4.16. The Kier molecular flexibility index (Phi) is 9.27. The number of nitriles is 1. The van der Waals surface area contributed by atoms with Crippen LogP contribution in [0.25, 0.3) is 22.0 Å².